The minimum Gasteiger partial charge on any atom is -0.264 e. The lowest BCUT2D eigenvalue weighted by molar-refractivity contribution is 1.16. The van der Waals surface area contributed by atoms with E-state index in [0.29, 0.717) is 11.0 Å². The molecule has 3 rings (SSSR count). The molecule has 3 aromatic rings. The highest BCUT2D eigenvalue weighted by Crippen LogP contribution is 2.25. The molecule has 0 bridgehead atoms. The molecule has 3 nitrogen and oxygen atoms in total. The first-order valence-electron chi connectivity index (χ1n) is 6.25. The Kier molecular flexibility index (Phi) is 3.44. The van der Waals surface area contributed by atoms with Crippen molar-refractivity contribution in [2.75, 3.05) is 0 Å². The first-order chi connectivity index (χ1) is 9.74. The molecule has 2 aromatic heterocycles. The highest BCUT2D eigenvalue weighted by molar-refractivity contribution is 6.29. The Morgan fingerprint density at radius 3 is 2.55 bits per heavy atom. The summed E-state index contributed by atoms with van der Waals surface area (Å²) in [6.45, 7) is 1.98. The maximum Gasteiger partial charge on any atom is 0.161 e. The summed E-state index contributed by atoms with van der Waals surface area (Å²) in [5.41, 5.74) is 3.80. The van der Waals surface area contributed by atoms with Crippen LogP contribution in [-0.2, 0) is 0 Å². The van der Waals surface area contributed by atoms with Gasteiger partial charge < -0.3 is 0 Å². The maximum absolute atomic E-state index is 6.14. The van der Waals surface area contributed by atoms with Crippen LogP contribution in [0.25, 0.3) is 22.6 Å². The molecule has 4 heteroatoms. The van der Waals surface area contributed by atoms with Crippen molar-refractivity contribution in [3.63, 3.8) is 0 Å². The van der Waals surface area contributed by atoms with Crippen molar-refractivity contribution >= 4 is 11.6 Å². The van der Waals surface area contributed by atoms with Gasteiger partial charge in [-0.15, -0.1) is 0 Å². The molecule has 0 N–H and O–H groups in total. The van der Waals surface area contributed by atoms with Gasteiger partial charge >= 0.3 is 0 Å². The van der Waals surface area contributed by atoms with E-state index in [9.17, 15) is 0 Å². The van der Waals surface area contributed by atoms with Crippen LogP contribution in [0.5, 0.6) is 0 Å². The molecular formula is C16H12ClN3. The number of nitrogens with zero attached hydrogens (tertiary/aromatic N) is 3. The standard InChI is InChI=1S/C16H12ClN3/c1-11-10-18-8-7-13(11)16-19-14(9-15(17)20-16)12-5-3-2-4-6-12/h2-10H,1H3. The van der Waals surface area contributed by atoms with Crippen molar-refractivity contribution in [1.82, 2.24) is 15.0 Å². The van der Waals surface area contributed by atoms with Crippen molar-refractivity contribution in [3.05, 3.63) is 65.6 Å². The molecule has 0 amide bonds. The van der Waals surface area contributed by atoms with Gasteiger partial charge in [-0.05, 0) is 18.6 Å². The molecular weight excluding hydrogens is 270 g/mol. The van der Waals surface area contributed by atoms with E-state index in [-0.39, 0.29) is 0 Å². The van der Waals surface area contributed by atoms with Crippen molar-refractivity contribution < 1.29 is 0 Å². The molecule has 0 saturated heterocycles. The number of halogens is 1. The van der Waals surface area contributed by atoms with Crippen LogP contribution in [0.3, 0.4) is 0 Å². The third-order valence-electron chi connectivity index (χ3n) is 3.03. The number of hydrogen-bond donors (Lipinski definition) is 0. The average Bonchev–Trinajstić information content (AvgIpc) is 2.48. The van der Waals surface area contributed by atoms with Gasteiger partial charge in [0, 0.05) is 29.6 Å². The molecule has 0 radical (unpaired) electrons. The SMILES string of the molecule is Cc1cnccc1-c1nc(Cl)cc(-c2ccccc2)n1. The van der Waals surface area contributed by atoms with Gasteiger partial charge in [-0.2, -0.15) is 0 Å². The lowest BCUT2D eigenvalue weighted by Gasteiger charge is -2.07. The van der Waals surface area contributed by atoms with E-state index in [1.807, 2.05) is 43.3 Å². The fourth-order valence-electron chi connectivity index (χ4n) is 2.02. The second-order valence-corrected chi connectivity index (χ2v) is 4.84. The van der Waals surface area contributed by atoms with Crippen LogP contribution in [-0.4, -0.2) is 15.0 Å². The zero-order chi connectivity index (χ0) is 13.9. The predicted molar refractivity (Wildman–Crippen MR) is 80.4 cm³/mol. The molecule has 0 fully saturated rings. The van der Waals surface area contributed by atoms with Gasteiger partial charge in [0.05, 0.1) is 5.69 Å². The summed E-state index contributed by atoms with van der Waals surface area (Å²) in [5.74, 6) is 0.622. The Morgan fingerprint density at radius 2 is 1.80 bits per heavy atom. The summed E-state index contributed by atoms with van der Waals surface area (Å²) in [5, 5.41) is 0.435. The van der Waals surface area contributed by atoms with Gasteiger partial charge in [-0.25, -0.2) is 9.97 Å². The average molecular weight is 282 g/mol. The smallest absolute Gasteiger partial charge is 0.161 e. The van der Waals surface area contributed by atoms with Crippen molar-refractivity contribution in [2.24, 2.45) is 0 Å². The van der Waals surface area contributed by atoms with Crippen LogP contribution >= 0.6 is 11.6 Å². The fraction of sp³-hybridized carbons (Fsp3) is 0.0625. The quantitative estimate of drug-likeness (QED) is 0.662. The molecule has 20 heavy (non-hydrogen) atoms. The number of aromatic nitrogens is 3. The third-order valence-corrected chi connectivity index (χ3v) is 3.22. The largest absolute Gasteiger partial charge is 0.264 e. The molecule has 0 atom stereocenters. The van der Waals surface area contributed by atoms with E-state index in [4.69, 9.17) is 11.6 Å². The number of aryl methyl sites for hydroxylation is 1. The third kappa shape index (κ3) is 2.53. The molecule has 0 aliphatic heterocycles. The summed E-state index contributed by atoms with van der Waals surface area (Å²) in [6.07, 6.45) is 3.52. The van der Waals surface area contributed by atoms with Crippen molar-refractivity contribution in [3.8, 4) is 22.6 Å². The number of rotatable bonds is 2. The summed E-state index contributed by atoms with van der Waals surface area (Å²) < 4.78 is 0. The van der Waals surface area contributed by atoms with Gasteiger partial charge in [-0.3, -0.25) is 4.98 Å². The van der Waals surface area contributed by atoms with Crippen LogP contribution in [0.4, 0.5) is 0 Å². The van der Waals surface area contributed by atoms with E-state index in [1.54, 1.807) is 18.5 Å². The van der Waals surface area contributed by atoms with Crippen LogP contribution in [0.2, 0.25) is 5.15 Å². The zero-order valence-electron chi connectivity index (χ0n) is 10.9. The summed E-state index contributed by atoms with van der Waals surface area (Å²) in [7, 11) is 0. The van der Waals surface area contributed by atoms with Gasteiger partial charge in [0.25, 0.3) is 0 Å². The lowest BCUT2D eigenvalue weighted by Crippen LogP contribution is -1.95. The van der Waals surface area contributed by atoms with Crippen LogP contribution < -0.4 is 0 Å². The van der Waals surface area contributed by atoms with Crippen LogP contribution in [0.1, 0.15) is 5.56 Å². The summed E-state index contributed by atoms with van der Waals surface area (Å²) in [4.78, 5) is 13.0. The monoisotopic (exact) mass is 281 g/mol. The van der Waals surface area contributed by atoms with E-state index >= 15 is 0 Å². The van der Waals surface area contributed by atoms with Crippen molar-refractivity contribution in [1.29, 1.82) is 0 Å². The maximum atomic E-state index is 6.14. The molecule has 0 aliphatic rings. The van der Waals surface area contributed by atoms with E-state index in [0.717, 1.165) is 22.4 Å². The number of hydrogen-bond acceptors (Lipinski definition) is 3. The Labute approximate surface area is 122 Å². The number of benzene rings is 1. The van der Waals surface area contributed by atoms with Gasteiger partial charge in [-0.1, -0.05) is 41.9 Å². The van der Waals surface area contributed by atoms with Crippen LogP contribution in [0, 0.1) is 6.92 Å². The minimum absolute atomic E-state index is 0.435. The summed E-state index contributed by atoms with van der Waals surface area (Å²) >= 11 is 6.14. The zero-order valence-corrected chi connectivity index (χ0v) is 11.7. The van der Waals surface area contributed by atoms with Crippen molar-refractivity contribution in [2.45, 2.75) is 6.92 Å². The van der Waals surface area contributed by atoms with Gasteiger partial charge in [0.1, 0.15) is 5.15 Å². The Bertz CT molecular complexity index is 742. The molecule has 1 aromatic carbocycles. The summed E-state index contributed by atoms with van der Waals surface area (Å²) in [6, 6.07) is 13.6. The van der Waals surface area contributed by atoms with E-state index < -0.39 is 0 Å². The molecule has 0 unspecified atom stereocenters. The highest BCUT2D eigenvalue weighted by Gasteiger charge is 2.09. The Balaban J connectivity index is 2.15. The molecule has 0 saturated carbocycles. The second-order valence-electron chi connectivity index (χ2n) is 4.46. The number of pyridine rings is 1. The normalized spacial score (nSPS) is 10.5. The highest BCUT2D eigenvalue weighted by atomic mass is 35.5. The van der Waals surface area contributed by atoms with Gasteiger partial charge in [0.2, 0.25) is 0 Å². The molecule has 0 spiro atoms. The minimum atomic E-state index is 0.435. The predicted octanol–water partition coefficient (Wildman–Crippen LogP) is 4.17. The van der Waals surface area contributed by atoms with E-state index in [1.165, 1.54) is 0 Å². The molecule has 0 aliphatic carbocycles. The first-order valence-corrected chi connectivity index (χ1v) is 6.63. The first kappa shape index (κ1) is 12.8. The second kappa shape index (κ2) is 5.39. The van der Waals surface area contributed by atoms with Gasteiger partial charge in [0.15, 0.2) is 5.82 Å². The lowest BCUT2D eigenvalue weighted by atomic mass is 10.1. The molecule has 98 valence electrons. The Morgan fingerprint density at radius 1 is 1.00 bits per heavy atom. The van der Waals surface area contributed by atoms with Crippen LogP contribution in [0.15, 0.2) is 54.9 Å². The fourth-order valence-corrected chi connectivity index (χ4v) is 2.20. The topological polar surface area (TPSA) is 38.7 Å². The van der Waals surface area contributed by atoms with E-state index in [2.05, 4.69) is 15.0 Å². The molecule has 2 heterocycles. The Hall–Kier alpha value is -2.26.